The summed E-state index contributed by atoms with van der Waals surface area (Å²) < 4.78 is 24.4. The van der Waals surface area contributed by atoms with E-state index < -0.39 is 15.1 Å². The minimum absolute atomic E-state index is 0.169. The van der Waals surface area contributed by atoms with E-state index in [2.05, 4.69) is 5.32 Å². The zero-order valence-electron chi connectivity index (χ0n) is 11.9. The lowest BCUT2D eigenvalue weighted by atomic mass is 10.2. The van der Waals surface area contributed by atoms with Crippen molar-refractivity contribution >= 4 is 27.1 Å². The number of hydrogen-bond acceptors (Lipinski definition) is 4. The van der Waals surface area contributed by atoms with Crippen LogP contribution >= 0.6 is 11.3 Å². The van der Waals surface area contributed by atoms with E-state index in [9.17, 15) is 13.2 Å². The normalized spacial score (nSPS) is 11.6. The lowest BCUT2D eigenvalue weighted by Crippen LogP contribution is -2.22. The number of carbonyl (C=O) groups excluding carboxylic acids is 1. The number of carbonyl (C=O) groups is 1. The molecule has 0 radical (unpaired) electrons. The molecule has 0 spiro atoms. The Bertz CT molecular complexity index is 718. The highest BCUT2D eigenvalue weighted by Crippen LogP contribution is 2.25. The van der Waals surface area contributed by atoms with E-state index in [0.29, 0.717) is 16.3 Å². The maximum atomic E-state index is 12.0. The number of benzene rings is 1. The molecule has 1 amide bonds. The summed E-state index contributed by atoms with van der Waals surface area (Å²) in [5.74, 6) is -0.169. The fraction of sp³-hybridized carbons (Fsp3) is 0.267. The quantitative estimate of drug-likeness (QED) is 0.920. The van der Waals surface area contributed by atoms with Gasteiger partial charge in [0.2, 0.25) is 0 Å². The van der Waals surface area contributed by atoms with Crippen molar-refractivity contribution in [1.29, 1.82) is 0 Å². The second-order valence-corrected chi connectivity index (χ2v) is 8.76. The maximum absolute atomic E-state index is 12.0. The highest BCUT2D eigenvalue weighted by molar-refractivity contribution is 7.94. The van der Waals surface area contributed by atoms with E-state index in [1.54, 1.807) is 50.2 Å². The predicted molar refractivity (Wildman–Crippen MR) is 84.3 cm³/mol. The van der Waals surface area contributed by atoms with Crippen LogP contribution < -0.4 is 5.32 Å². The highest BCUT2D eigenvalue weighted by atomic mass is 32.2. The van der Waals surface area contributed by atoms with E-state index in [4.69, 9.17) is 0 Å². The summed E-state index contributed by atoms with van der Waals surface area (Å²) in [7, 11) is -3.24. The predicted octanol–water partition coefficient (Wildman–Crippen LogP) is 2.86. The molecule has 1 aromatic heterocycles. The van der Waals surface area contributed by atoms with Crippen molar-refractivity contribution in [2.45, 2.75) is 29.9 Å². The Morgan fingerprint density at radius 1 is 1.14 bits per heavy atom. The third kappa shape index (κ3) is 3.71. The van der Waals surface area contributed by atoms with Crippen LogP contribution in [0.2, 0.25) is 0 Å². The Balaban J connectivity index is 2.03. The van der Waals surface area contributed by atoms with Crippen molar-refractivity contribution in [3.8, 4) is 0 Å². The van der Waals surface area contributed by atoms with Gasteiger partial charge in [-0.3, -0.25) is 4.79 Å². The van der Waals surface area contributed by atoms with Gasteiger partial charge in [-0.2, -0.15) is 0 Å². The molecule has 1 heterocycles. The fourth-order valence-corrected chi connectivity index (χ4v) is 4.46. The van der Waals surface area contributed by atoms with Gasteiger partial charge in [-0.1, -0.05) is 18.2 Å². The number of thiophene rings is 1. The Morgan fingerprint density at radius 3 is 2.43 bits per heavy atom. The zero-order valence-corrected chi connectivity index (χ0v) is 13.5. The second-order valence-electron chi connectivity index (χ2n) is 4.86. The molecule has 112 valence electrons. The van der Waals surface area contributed by atoms with Crippen molar-refractivity contribution in [1.82, 2.24) is 5.32 Å². The minimum Gasteiger partial charge on any atom is -0.347 e. The number of hydrogen-bond donors (Lipinski definition) is 1. The summed E-state index contributed by atoms with van der Waals surface area (Å²) in [5.41, 5.74) is 0.587. The standard InChI is InChI=1S/C15H17NO3S2/c1-11(2)21(18,19)14-9-8-13(20-14)10-16-15(17)12-6-4-3-5-7-12/h3-9,11H,10H2,1-2H3,(H,16,17). The Kier molecular flexibility index (Phi) is 4.80. The molecule has 0 aliphatic carbocycles. The molecule has 0 bridgehead atoms. The van der Waals surface area contributed by atoms with Crippen LogP contribution in [0.25, 0.3) is 0 Å². The van der Waals surface area contributed by atoms with Crippen LogP contribution in [0.15, 0.2) is 46.7 Å². The molecule has 1 aromatic carbocycles. The third-order valence-corrected chi connectivity index (χ3v) is 6.76. The van der Waals surface area contributed by atoms with Gasteiger partial charge in [-0.25, -0.2) is 8.42 Å². The van der Waals surface area contributed by atoms with Crippen molar-refractivity contribution in [2.75, 3.05) is 0 Å². The van der Waals surface area contributed by atoms with Gasteiger partial charge < -0.3 is 5.32 Å². The third-order valence-electron chi connectivity index (χ3n) is 3.00. The largest absolute Gasteiger partial charge is 0.347 e. The number of sulfone groups is 1. The van der Waals surface area contributed by atoms with E-state index in [-0.39, 0.29) is 5.91 Å². The Labute approximate surface area is 128 Å². The van der Waals surface area contributed by atoms with Crippen LogP contribution in [0, 0.1) is 0 Å². The summed E-state index contributed by atoms with van der Waals surface area (Å²) >= 11 is 1.20. The second kappa shape index (κ2) is 6.41. The van der Waals surface area contributed by atoms with Crippen LogP contribution in [0.1, 0.15) is 29.1 Å². The number of nitrogens with one attached hydrogen (secondary N) is 1. The molecular weight excluding hydrogens is 306 g/mol. The molecule has 21 heavy (non-hydrogen) atoms. The highest BCUT2D eigenvalue weighted by Gasteiger charge is 2.21. The number of amides is 1. The molecular formula is C15H17NO3S2. The molecule has 6 heteroatoms. The van der Waals surface area contributed by atoms with Crippen molar-refractivity contribution in [3.63, 3.8) is 0 Å². The van der Waals surface area contributed by atoms with E-state index in [1.807, 2.05) is 6.07 Å². The summed E-state index contributed by atoms with van der Waals surface area (Å²) in [4.78, 5) is 12.7. The zero-order chi connectivity index (χ0) is 15.5. The molecule has 0 saturated carbocycles. The molecule has 0 aliphatic heterocycles. The lowest BCUT2D eigenvalue weighted by Gasteiger charge is -2.04. The SMILES string of the molecule is CC(C)S(=O)(=O)c1ccc(CNC(=O)c2ccccc2)s1. The first-order valence-corrected chi connectivity index (χ1v) is 8.93. The van der Waals surface area contributed by atoms with Gasteiger partial charge in [-0.05, 0) is 38.1 Å². The molecule has 0 fully saturated rings. The van der Waals surface area contributed by atoms with Crippen LogP contribution in [0.3, 0.4) is 0 Å². The molecule has 2 rings (SSSR count). The van der Waals surface area contributed by atoms with E-state index >= 15 is 0 Å². The Hall–Kier alpha value is -1.66. The molecule has 1 N–H and O–H groups in total. The van der Waals surface area contributed by atoms with Crippen LogP contribution in [-0.2, 0) is 16.4 Å². The van der Waals surface area contributed by atoms with Gasteiger partial charge in [0.05, 0.1) is 11.8 Å². The smallest absolute Gasteiger partial charge is 0.251 e. The van der Waals surface area contributed by atoms with Crippen molar-refractivity contribution in [3.05, 3.63) is 52.9 Å². The van der Waals surface area contributed by atoms with Crippen molar-refractivity contribution in [2.24, 2.45) is 0 Å². The average Bonchev–Trinajstić information content (AvgIpc) is 2.95. The van der Waals surface area contributed by atoms with Gasteiger partial charge in [0.15, 0.2) is 9.84 Å². The minimum atomic E-state index is -3.24. The number of rotatable bonds is 5. The topological polar surface area (TPSA) is 63.2 Å². The van der Waals surface area contributed by atoms with E-state index in [1.165, 1.54) is 11.3 Å². The van der Waals surface area contributed by atoms with Crippen LogP contribution in [0.5, 0.6) is 0 Å². The Morgan fingerprint density at radius 2 is 1.81 bits per heavy atom. The van der Waals surface area contributed by atoms with Crippen LogP contribution in [0.4, 0.5) is 0 Å². The summed E-state index contributed by atoms with van der Waals surface area (Å²) in [6.45, 7) is 3.64. The molecule has 0 unspecified atom stereocenters. The summed E-state index contributed by atoms with van der Waals surface area (Å²) in [5, 5.41) is 2.34. The summed E-state index contributed by atoms with van der Waals surface area (Å²) in [6, 6.07) is 12.3. The van der Waals surface area contributed by atoms with Gasteiger partial charge in [-0.15, -0.1) is 11.3 Å². The molecule has 2 aromatic rings. The fourth-order valence-electron chi connectivity index (χ4n) is 1.70. The first kappa shape index (κ1) is 15.7. The monoisotopic (exact) mass is 323 g/mol. The summed E-state index contributed by atoms with van der Waals surface area (Å²) in [6.07, 6.45) is 0. The van der Waals surface area contributed by atoms with Crippen LogP contribution in [-0.4, -0.2) is 19.6 Å². The molecule has 0 saturated heterocycles. The van der Waals surface area contributed by atoms with E-state index in [0.717, 1.165) is 4.88 Å². The lowest BCUT2D eigenvalue weighted by molar-refractivity contribution is 0.0951. The first-order chi connectivity index (χ1) is 9.91. The molecule has 0 aliphatic rings. The average molecular weight is 323 g/mol. The first-order valence-electron chi connectivity index (χ1n) is 6.57. The van der Waals surface area contributed by atoms with Gasteiger partial charge in [0, 0.05) is 10.4 Å². The molecule has 4 nitrogen and oxygen atoms in total. The van der Waals surface area contributed by atoms with Gasteiger partial charge in [0.1, 0.15) is 4.21 Å². The molecule has 0 atom stereocenters. The van der Waals surface area contributed by atoms with Crippen molar-refractivity contribution < 1.29 is 13.2 Å². The maximum Gasteiger partial charge on any atom is 0.251 e. The van der Waals surface area contributed by atoms with Gasteiger partial charge >= 0.3 is 0 Å². The van der Waals surface area contributed by atoms with Gasteiger partial charge in [0.25, 0.3) is 5.91 Å².